The van der Waals surface area contributed by atoms with Crippen molar-refractivity contribution < 1.29 is 23.9 Å². The second-order valence-electron chi connectivity index (χ2n) is 8.61. The third-order valence-corrected chi connectivity index (χ3v) is 6.58. The minimum Gasteiger partial charge on any atom is -0.454 e. The fourth-order valence-electron chi connectivity index (χ4n) is 4.84. The Morgan fingerprint density at radius 3 is 2.75 bits per heavy atom. The van der Waals surface area contributed by atoms with Gasteiger partial charge in [-0.05, 0) is 43.2 Å². The number of fused-ring (bicyclic) bond motifs is 4. The average Bonchev–Trinajstić information content (AvgIpc) is 3.37. The van der Waals surface area contributed by atoms with Crippen LogP contribution in [0.5, 0.6) is 11.5 Å². The highest BCUT2D eigenvalue weighted by atomic mass is 16.7. The van der Waals surface area contributed by atoms with E-state index in [-0.39, 0.29) is 37.5 Å². The zero-order chi connectivity index (χ0) is 22.5. The second kappa shape index (κ2) is 7.55. The lowest BCUT2D eigenvalue weighted by Crippen LogP contribution is -2.62. The van der Waals surface area contributed by atoms with Crippen LogP contribution >= 0.6 is 0 Å². The van der Waals surface area contributed by atoms with E-state index in [4.69, 9.17) is 9.47 Å². The smallest absolute Gasteiger partial charge is 0.257 e. The number of ether oxygens (including phenoxy) is 2. The molecule has 1 atom stereocenters. The van der Waals surface area contributed by atoms with Gasteiger partial charge in [-0.2, -0.15) is 0 Å². The zero-order valence-electron chi connectivity index (χ0n) is 18.2. The molecule has 3 aliphatic heterocycles. The molecule has 0 N–H and O–H groups in total. The van der Waals surface area contributed by atoms with Crippen molar-refractivity contribution in [1.82, 2.24) is 9.80 Å². The van der Waals surface area contributed by atoms with Gasteiger partial charge in [0.25, 0.3) is 5.91 Å². The lowest BCUT2D eigenvalue weighted by molar-refractivity contribution is -0.130. The molecule has 1 fully saturated rings. The van der Waals surface area contributed by atoms with Crippen LogP contribution in [0.4, 0.5) is 5.69 Å². The summed E-state index contributed by atoms with van der Waals surface area (Å²) >= 11 is 0. The van der Waals surface area contributed by atoms with E-state index in [1.807, 2.05) is 37.3 Å². The summed E-state index contributed by atoms with van der Waals surface area (Å²) in [4.78, 5) is 43.9. The maximum absolute atomic E-state index is 13.3. The molecule has 2 aromatic rings. The molecular weight excluding hydrogens is 410 g/mol. The average molecular weight is 435 g/mol. The standard InChI is InChI=1S/C24H25N3O5/c1-24-11-9-22(29)27(24)18-6-4-3-5-17(18)23(30)26(24)12-10-21(28)25(2)14-16-7-8-19-20(13-16)32-15-31-19/h3-8,13H,9-12,14-15H2,1-2H3. The summed E-state index contributed by atoms with van der Waals surface area (Å²) in [5, 5.41) is 0. The Morgan fingerprint density at radius 1 is 1.12 bits per heavy atom. The van der Waals surface area contributed by atoms with E-state index in [1.54, 1.807) is 33.9 Å². The van der Waals surface area contributed by atoms with Crippen molar-refractivity contribution in [3.8, 4) is 11.5 Å². The normalized spacial score (nSPS) is 20.9. The molecule has 0 radical (unpaired) electrons. The van der Waals surface area contributed by atoms with Gasteiger partial charge in [0.2, 0.25) is 18.6 Å². The number of hydrogen-bond acceptors (Lipinski definition) is 5. The fraction of sp³-hybridized carbons (Fsp3) is 0.375. The van der Waals surface area contributed by atoms with Gasteiger partial charge >= 0.3 is 0 Å². The molecule has 32 heavy (non-hydrogen) atoms. The minimum absolute atomic E-state index is 0.00343. The van der Waals surface area contributed by atoms with E-state index in [0.717, 1.165) is 5.56 Å². The number of hydrogen-bond donors (Lipinski definition) is 0. The van der Waals surface area contributed by atoms with Crippen molar-refractivity contribution in [2.24, 2.45) is 0 Å². The first kappa shape index (κ1) is 20.4. The number of anilines is 1. The van der Waals surface area contributed by atoms with Gasteiger partial charge in [0.05, 0.1) is 11.3 Å². The number of nitrogens with zero attached hydrogens (tertiary/aromatic N) is 3. The van der Waals surface area contributed by atoms with Crippen LogP contribution in [0.1, 0.15) is 42.1 Å². The molecule has 0 saturated carbocycles. The number of para-hydroxylation sites is 1. The molecule has 1 saturated heterocycles. The number of carbonyl (C=O) groups excluding carboxylic acids is 3. The van der Waals surface area contributed by atoms with E-state index in [1.165, 1.54) is 0 Å². The quantitative estimate of drug-likeness (QED) is 0.722. The Hall–Kier alpha value is -3.55. The molecule has 1 unspecified atom stereocenters. The SMILES string of the molecule is CN(Cc1ccc2c(c1)OCO2)C(=O)CCN1C(=O)c2ccccc2N2C(=O)CCC12C. The Bertz CT molecular complexity index is 1120. The summed E-state index contributed by atoms with van der Waals surface area (Å²) in [6.07, 6.45) is 1.10. The van der Waals surface area contributed by atoms with Gasteiger partial charge in [-0.15, -0.1) is 0 Å². The van der Waals surface area contributed by atoms with E-state index in [2.05, 4.69) is 0 Å². The highest BCUT2D eigenvalue weighted by Gasteiger charge is 2.52. The maximum Gasteiger partial charge on any atom is 0.257 e. The van der Waals surface area contributed by atoms with Gasteiger partial charge in [0.1, 0.15) is 5.66 Å². The van der Waals surface area contributed by atoms with Crippen LogP contribution in [0, 0.1) is 0 Å². The predicted octanol–water partition coefficient (Wildman–Crippen LogP) is 2.76. The molecule has 166 valence electrons. The Balaban J connectivity index is 1.30. The van der Waals surface area contributed by atoms with Crippen molar-refractivity contribution in [2.45, 2.75) is 38.4 Å². The molecule has 0 bridgehead atoms. The van der Waals surface area contributed by atoms with Gasteiger partial charge in [0, 0.05) is 33.0 Å². The number of benzene rings is 2. The van der Waals surface area contributed by atoms with Crippen molar-refractivity contribution in [3.63, 3.8) is 0 Å². The first-order valence-electron chi connectivity index (χ1n) is 10.7. The summed E-state index contributed by atoms with van der Waals surface area (Å²) in [7, 11) is 1.74. The van der Waals surface area contributed by atoms with Crippen LogP contribution in [0.3, 0.4) is 0 Å². The summed E-state index contributed by atoms with van der Waals surface area (Å²) in [6.45, 7) is 2.79. The molecule has 3 heterocycles. The molecule has 2 aromatic carbocycles. The maximum atomic E-state index is 13.3. The van der Waals surface area contributed by atoms with Gasteiger partial charge in [0.15, 0.2) is 11.5 Å². The zero-order valence-corrected chi connectivity index (χ0v) is 18.2. The molecule has 0 aliphatic carbocycles. The van der Waals surface area contributed by atoms with E-state index < -0.39 is 5.66 Å². The lowest BCUT2D eigenvalue weighted by atomic mass is 9.98. The van der Waals surface area contributed by atoms with Crippen molar-refractivity contribution in [2.75, 3.05) is 25.3 Å². The highest BCUT2D eigenvalue weighted by molar-refractivity contribution is 6.10. The lowest BCUT2D eigenvalue weighted by Gasteiger charge is -2.48. The molecule has 8 nitrogen and oxygen atoms in total. The van der Waals surface area contributed by atoms with E-state index in [0.29, 0.717) is 42.1 Å². The summed E-state index contributed by atoms with van der Waals surface area (Å²) in [5.41, 5.74) is 1.34. The van der Waals surface area contributed by atoms with Crippen molar-refractivity contribution in [3.05, 3.63) is 53.6 Å². The highest BCUT2D eigenvalue weighted by Crippen LogP contribution is 2.44. The Morgan fingerprint density at radius 2 is 1.91 bits per heavy atom. The predicted molar refractivity (Wildman–Crippen MR) is 116 cm³/mol. The number of rotatable bonds is 5. The number of amides is 3. The molecule has 5 rings (SSSR count). The third kappa shape index (κ3) is 3.18. The number of carbonyl (C=O) groups is 3. The van der Waals surface area contributed by atoms with Gasteiger partial charge in [-0.1, -0.05) is 18.2 Å². The summed E-state index contributed by atoms with van der Waals surface area (Å²) < 4.78 is 10.7. The van der Waals surface area contributed by atoms with E-state index >= 15 is 0 Å². The topological polar surface area (TPSA) is 79.4 Å². The molecule has 0 aromatic heterocycles. The summed E-state index contributed by atoms with van der Waals surface area (Å²) in [5.74, 6) is 1.17. The first-order chi connectivity index (χ1) is 15.4. The van der Waals surface area contributed by atoms with Gasteiger partial charge < -0.3 is 19.3 Å². The summed E-state index contributed by atoms with van der Waals surface area (Å²) in [6, 6.07) is 12.8. The second-order valence-corrected chi connectivity index (χ2v) is 8.61. The molecular formula is C24H25N3O5. The van der Waals surface area contributed by atoms with Crippen LogP contribution in [-0.2, 0) is 16.1 Å². The van der Waals surface area contributed by atoms with Crippen LogP contribution in [0.2, 0.25) is 0 Å². The van der Waals surface area contributed by atoms with Gasteiger partial charge in [-0.25, -0.2) is 0 Å². The van der Waals surface area contributed by atoms with Crippen LogP contribution in [0.25, 0.3) is 0 Å². The fourth-order valence-corrected chi connectivity index (χ4v) is 4.84. The molecule has 3 amide bonds. The van der Waals surface area contributed by atoms with Crippen molar-refractivity contribution >= 4 is 23.4 Å². The monoisotopic (exact) mass is 435 g/mol. The molecule has 0 spiro atoms. The Kier molecular flexibility index (Phi) is 4.80. The third-order valence-electron chi connectivity index (χ3n) is 6.58. The first-order valence-corrected chi connectivity index (χ1v) is 10.7. The van der Waals surface area contributed by atoms with Crippen LogP contribution in [-0.4, -0.2) is 53.6 Å². The molecule has 8 heteroatoms. The molecule has 3 aliphatic rings. The largest absolute Gasteiger partial charge is 0.454 e. The van der Waals surface area contributed by atoms with Crippen molar-refractivity contribution in [1.29, 1.82) is 0 Å². The van der Waals surface area contributed by atoms with Crippen LogP contribution in [0.15, 0.2) is 42.5 Å². The Labute approximate surface area is 186 Å². The van der Waals surface area contributed by atoms with E-state index in [9.17, 15) is 14.4 Å². The van der Waals surface area contributed by atoms with Crippen LogP contribution < -0.4 is 14.4 Å². The minimum atomic E-state index is -0.751. The van der Waals surface area contributed by atoms with Gasteiger partial charge in [-0.3, -0.25) is 19.3 Å².